The minimum Gasteiger partial charge on any atom is -0.364 e. The fourth-order valence-electron chi connectivity index (χ4n) is 5.11. The molecule has 0 radical (unpaired) electrons. The lowest BCUT2D eigenvalue weighted by atomic mass is 10.0. The van der Waals surface area contributed by atoms with Crippen molar-refractivity contribution >= 4 is 17.5 Å². The van der Waals surface area contributed by atoms with Crippen LogP contribution in [0.4, 0.5) is 0 Å². The van der Waals surface area contributed by atoms with Crippen LogP contribution in [0.5, 0.6) is 0 Å². The SMILES string of the molecule is NC(=O)c1ncccc1C1C2CN(C(=O)c3cccc(-c4cn5ccccc5n4)c3)CC21. The molecular formula is C25H21N5O2. The topological polar surface area (TPSA) is 93.6 Å². The summed E-state index contributed by atoms with van der Waals surface area (Å²) in [7, 11) is 0. The van der Waals surface area contributed by atoms with Gasteiger partial charge in [-0.1, -0.05) is 24.3 Å². The van der Waals surface area contributed by atoms with E-state index in [0.29, 0.717) is 36.2 Å². The van der Waals surface area contributed by atoms with E-state index in [2.05, 4.69) is 9.97 Å². The van der Waals surface area contributed by atoms with Crippen LogP contribution in [0, 0.1) is 11.8 Å². The molecular weight excluding hydrogens is 402 g/mol. The lowest BCUT2D eigenvalue weighted by Gasteiger charge is -2.20. The molecule has 1 aliphatic carbocycles. The Balaban J connectivity index is 1.20. The molecule has 4 heterocycles. The third-order valence-electron chi connectivity index (χ3n) is 6.68. The van der Waals surface area contributed by atoms with Crippen molar-refractivity contribution in [2.45, 2.75) is 5.92 Å². The maximum absolute atomic E-state index is 13.2. The minimum absolute atomic E-state index is 0.0304. The first kappa shape index (κ1) is 18.7. The van der Waals surface area contributed by atoms with Gasteiger partial charge in [0.25, 0.3) is 11.8 Å². The maximum Gasteiger partial charge on any atom is 0.267 e. The predicted octanol–water partition coefficient (Wildman–Crippen LogP) is 2.98. The van der Waals surface area contributed by atoms with Gasteiger partial charge in [-0.2, -0.15) is 0 Å². The number of nitrogens with two attached hydrogens (primary N) is 1. The summed E-state index contributed by atoms with van der Waals surface area (Å²) in [4.78, 5) is 35.7. The summed E-state index contributed by atoms with van der Waals surface area (Å²) in [6, 6.07) is 17.3. The van der Waals surface area contributed by atoms with E-state index in [0.717, 1.165) is 22.5 Å². The van der Waals surface area contributed by atoms with Crippen molar-refractivity contribution < 1.29 is 9.59 Å². The first-order valence-electron chi connectivity index (χ1n) is 10.7. The second kappa shape index (κ2) is 7.02. The van der Waals surface area contributed by atoms with Crippen LogP contribution in [0.1, 0.15) is 32.3 Å². The van der Waals surface area contributed by atoms with Gasteiger partial charge in [0.1, 0.15) is 11.3 Å². The predicted molar refractivity (Wildman–Crippen MR) is 119 cm³/mol. The van der Waals surface area contributed by atoms with E-state index in [1.807, 2.05) is 76.3 Å². The highest BCUT2D eigenvalue weighted by Gasteiger charge is 2.58. The van der Waals surface area contributed by atoms with E-state index in [9.17, 15) is 9.59 Å². The van der Waals surface area contributed by atoms with E-state index in [-0.39, 0.29) is 11.8 Å². The molecule has 0 bridgehead atoms. The lowest BCUT2D eigenvalue weighted by Crippen LogP contribution is -2.31. The average Bonchev–Trinajstić information content (AvgIpc) is 3.16. The van der Waals surface area contributed by atoms with Gasteiger partial charge >= 0.3 is 0 Å². The van der Waals surface area contributed by atoms with Gasteiger partial charge in [0, 0.05) is 42.8 Å². The Labute approximate surface area is 184 Å². The molecule has 2 amide bonds. The number of aromatic nitrogens is 3. The van der Waals surface area contributed by atoms with Gasteiger partial charge in [-0.15, -0.1) is 0 Å². The standard InChI is InChI=1S/C25H21N5O2/c26-24(31)23-17(7-4-9-27-23)22-18-12-30(13-19(18)22)25(32)16-6-3-5-15(11-16)20-14-29-10-2-1-8-21(29)28-20/h1-11,14,18-19,22H,12-13H2,(H2,26,31). The molecule has 0 spiro atoms. The number of fused-ring (bicyclic) bond motifs is 2. The molecule has 2 aliphatic rings. The molecule has 1 saturated carbocycles. The molecule has 2 atom stereocenters. The highest BCUT2D eigenvalue weighted by atomic mass is 16.2. The first-order valence-corrected chi connectivity index (χ1v) is 10.7. The fraction of sp³-hybridized carbons (Fsp3) is 0.200. The molecule has 158 valence electrons. The number of primary amides is 1. The number of rotatable bonds is 4. The molecule has 7 heteroatoms. The van der Waals surface area contributed by atoms with Crippen molar-refractivity contribution in [3.05, 3.63) is 90.0 Å². The van der Waals surface area contributed by atoms with E-state index in [1.165, 1.54) is 0 Å². The van der Waals surface area contributed by atoms with Crippen LogP contribution in [0.2, 0.25) is 0 Å². The third kappa shape index (κ3) is 2.97. The summed E-state index contributed by atoms with van der Waals surface area (Å²) in [6.07, 6.45) is 5.52. The van der Waals surface area contributed by atoms with E-state index in [4.69, 9.17) is 5.73 Å². The van der Waals surface area contributed by atoms with E-state index >= 15 is 0 Å². The number of benzene rings is 1. The normalized spacial score (nSPS) is 21.5. The van der Waals surface area contributed by atoms with Crippen molar-refractivity contribution in [3.8, 4) is 11.3 Å². The van der Waals surface area contributed by atoms with E-state index in [1.54, 1.807) is 6.20 Å². The van der Waals surface area contributed by atoms with Gasteiger partial charge in [0.2, 0.25) is 0 Å². The smallest absolute Gasteiger partial charge is 0.267 e. The van der Waals surface area contributed by atoms with Crippen LogP contribution in [-0.4, -0.2) is 44.2 Å². The summed E-state index contributed by atoms with van der Waals surface area (Å²) in [5.41, 5.74) is 10.1. The molecule has 2 N–H and O–H groups in total. The minimum atomic E-state index is -0.498. The molecule has 1 saturated heterocycles. The summed E-state index contributed by atoms with van der Waals surface area (Å²) in [5.74, 6) is 0.482. The van der Waals surface area contributed by atoms with Crippen LogP contribution in [0.15, 0.2) is 73.2 Å². The number of carbonyl (C=O) groups excluding carboxylic acids is 2. The first-order chi connectivity index (χ1) is 15.6. The van der Waals surface area contributed by atoms with Crippen molar-refractivity contribution in [1.29, 1.82) is 0 Å². The molecule has 4 aromatic rings. The number of pyridine rings is 2. The van der Waals surface area contributed by atoms with Gasteiger partial charge in [-0.3, -0.25) is 14.6 Å². The van der Waals surface area contributed by atoms with Crippen LogP contribution in [-0.2, 0) is 0 Å². The summed E-state index contributed by atoms with van der Waals surface area (Å²) >= 11 is 0. The fourth-order valence-corrected chi connectivity index (χ4v) is 5.11. The molecule has 6 rings (SSSR count). The third-order valence-corrected chi connectivity index (χ3v) is 6.68. The van der Waals surface area contributed by atoms with Gasteiger partial charge in [-0.05, 0) is 53.6 Å². The van der Waals surface area contributed by atoms with Crippen LogP contribution < -0.4 is 5.73 Å². The highest BCUT2D eigenvalue weighted by Crippen LogP contribution is 2.58. The number of piperidine rings is 1. The second-order valence-corrected chi connectivity index (χ2v) is 8.54. The Bertz CT molecular complexity index is 1330. The Kier molecular flexibility index (Phi) is 4.11. The van der Waals surface area contributed by atoms with Gasteiger partial charge in [0.05, 0.1) is 5.69 Å². The molecule has 1 aliphatic heterocycles. The molecule has 1 aromatic carbocycles. The Morgan fingerprint density at radius 1 is 1.00 bits per heavy atom. The van der Waals surface area contributed by atoms with Crippen LogP contribution in [0.25, 0.3) is 16.9 Å². The van der Waals surface area contributed by atoms with Gasteiger partial charge in [0.15, 0.2) is 0 Å². The summed E-state index contributed by atoms with van der Waals surface area (Å²) in [6.45, 7) is 1.36. The largest absolute Gasteiger partial charge is 0.364 e. The van der Waals surface area contributed by atoms with Crippen LogP contribution in [0.3, 0.4) is 0 Å². The van der Waals surface area contributed by atoms with Crippen molar-refractivity contribution in [1.82, 2.24) is 19.3 Å². The number of imidazole rings is 1. The number of hydrogen-bond acceptors (Lipinski definition) is 4. The van der Waals surface area contributed by atoms with Crippen LogP contribution >= 0.6 is 0 Å². The number of carbonyl (C=O) groups is 2. The highest BCUT2D eigenvalue weighted by molar-refractivity contribution is 5.96. The van der Waals surface area contributed by atoms with E-state index < -0.39 is 5.91 Å². The molecule has 2 unspecified atom stereocenters. The monoisotopic (exact) mass is 423 g/mol. The van der Waals surface area contributed by atoms with Crippen molar-refractivity contribution in [2.75, 3.05) is 13.1 Å². The Morgan fingerprint density at radius 2 is 1.84 bits per heavy atom. The Hall–Kier alpha value is -4.00. The zero-order valence-electron chi connectivity index (χ0n) is 17.3. The number of hydrogen-bond donors (Lipinski definition) is 1. The van der Waals surface area contributed by atoms with Crippen molar-refractivity contribution in [3.63, 3.8) is 0 Å². The summed E-state index contributed by atoms with van der Waals surface area (Å²) < 4.78 is 1.97. The average molecular weight is 423 g/mol. The van der Waals surface area contributed by atoms with Gasteiger partial charge in [-0.25, -0.2) is 4.98 Å². The summed E-state index contributed by atoms with van der Waals surface area (Å²) in [5, 5.41) is 0. The number of likely N-dealkylation sites (tertiary alicyclic amines) is 1. The zero-order valence-corrected chi connectivity index (χ0v) is 17.3. The molecule has 7 nitrogen and oxygen atoms in total. The molecule has 32 heavy (non-hydrogen) atoms. The zero-order chi connectivity index (χ0) is 21.8. The number of nitrogens with zero attached hydrogens (tertiary/aromatic N) is 4. The lowest BCUT2D eigenvalue weighted by molar-refractivity contribution is 0.0772. The second-order valence-electron chi connectivity index (χ2n) is 8.54. The molecule has 3 aromatic heterocycles. The maximum atomic E-state index is 13.2. The van der Waals surface area contributed by atoms with Crippen molar-refractivity contribution in [2.24, 2.45) is 17.6 Å². The molecule has 2 fully saturated rings. The quantitative estimate of drug-likeness (QED) is 0.546. The van der Waals surface area contributed by atoms with Gasteiger partial charge < -0.3 is 15.0 Å². The Morgan fingerprint density at radius 3 is 2.62 bits per heavy atom. The number of amides is 2.